The van der Waals surface area contributed by atoms with E-state index in [9.17, 15) is 4.79 Å². The maximum absolute atomic E-state index is 10.7. The number of carbonyl (C=O) groups is 1. The summed E-state index contributed by atoms with van der Waals surface area (Å²) in [6, 6.07) is 0. The average molecular weight is 182 g/mol. The predicted octanol–water partition coefficient (Wildman–Crippen LogP) is 2.82. The van der Waals surface area contributed by atoms with Gasteiger partial charge in [0, 0.05) is 6.42 Å². The van der Waals surface area contributed by atoms with E-state index in [1.807, 2.05) is 0 Å². The Balaban J connectivity index is 2.00. The van der Waals surface area contributed by atoms with Gasteiger partial charge in [0.15, 0.2) is 0 Å². The van der Waals surface area contributed by atoms with Crippen molar-refractivity contribution in [2.45, 2.75) is 51.4 Å². The first-order valence-corrected chi connectivity index (χ1v) is 5.45. The van der Waals surface area contributed by atoms with Crippen LogP contribution in [0.3, 0.4) is 0 Å². The zero-order valence-corrected chi connectivity index (χ0v) is 8.09. The molecule has 0 aliphatic heterocycles. The molecule has 0 heterocycles. The van der Waals surface area contributed by atoms with Crippen molar-refractivity contribution in [3.8, 4) is 0 Å². The minimum Gasteiger partial charge on any atom is -0.481 e. The van der Waals surface area contributed by atoms with Gasteiger partial charge in [-0.1, -0.05) is 19.3 Å². The van der Waals surface area contributed by atoms with Crippen molar-refractivity contribution >= 4 is 5.97 Å². The van der Waals surface area contributed by atoms with Crippen LogP contribution in [0.15, 0.2) is 0 Å². The van der Waals surface area contributed by atoms with E-state index in [1.165, 1.54) is 38.5 Å². The van der Waals surface area contributed by atoms with Gasteiger partial charge in [-0.25, -0.2) is 0 Å². The molecule has 2 heteroatoms. The largest absolute Gasteiger partial charge is 0.481 e. The van der Waals surface area contributed by atoms with E-state index in [4.69, 9.17) is 5.11 Å². The van der Waals surface area contributed by atoms with Crippen LogP contribution in [0, 0.1) is 11.3 Å². The highest BCUT2D eigenvalue weighted by atomic mass is 16.4. The van der Waals surface area contributed by atoms with Crippen LogP contribution in [0.1, 0.15) is 51.4 Å². The van der Waals surface area contributed by atoms with E-state index in [0.29, 0.717) is 17.8 Å². The molecule has 0 aromatic rings. The fourth-order valence-corrected chi connectivity index (χ4v) is 2.90. The molecule has 2 aliphatic rings. The standard InChI is InChI=1S/C11H18O2/c12-10(13)8-9-4-2-1-3-5-11(9)6-7-11/h9H,1-8H2,(H,12,13). The topological polar surface area (TPSA) is 37.3 Å². The molecule has 1 atom stereocenters. The van der Waals surface area contributed by atoms with Crippen LogP contribution < -0.4 is 0 Å². The van der Waals surface area contributed by atoms with Crippen LogP contribution in [-0.4, -0.2) is 11.1 Å². The second kappa shape index (κ2) is 3.32. The monoisotopic (exact) mass is 182 g/mol. The van der Waals surface area contributed by atoms with Crippen LogP contribution in [0.25, 0.3) is 0 Å². The van der Waals surface area contributed by atoms with Crippen molar-refractivity contribution in [1.29, 1.82) is 0 Å². The third-order valence-corrected chi connectivity index (χ3v) is 3.91. The smallest absolute Gasteiger partial charge is 0.303 e. The number of carboxylic acid groups (broad SMARTS) is 1. The van der Waals surface area contributed by atoms with Gasteiger partial charge in [-0.15, -0.1) is 0 Å². The van der Waals surface area contributed by atoms with Crippen molar-refractivity contribution in [3.63, 3.8) is 0 Å². The second-order valence-corrected chi connectivity index (χ2v) is 4.76. The highest BCUT2D eigenvalue weighted by Gasteiger charge is 2.49. The molecule has 2 aliphatic carbocycles. The lowest BCUT2D eigenvalue weighted by Gasteiger charge is -2.22. The molecule has 0 bridgehead atoms. The molecule has 74 valence electrons. The molecule has 2 nitrogen and oxygen atoms in total. The zero-order valence-electron chi connectivity index (χ0n) is 8.09. The van der Waals surface area contributed by atoms with Gasteiger partial charge in [0.05, 0.1) is 0 Å². The summed E-state index contributed by atoms with van der Waals surface area (Å²) in [5, 5.41) is 8.82. The predicted molar refractivity (Wildman–Crippen MR) is 50.5 cm³/mol. The summed E-state index contributed by atoms with van der Waals surface area (Å²) < 4.78 is 0. The molecule has 2 saturated carbocycles. The van der Waals surface area contributed by atoms with Gasteiger partial charge in [-0.05, 0) is 37.0 Å². The average Bonchev–Trinajstić information content (AvgIpc) is 2.84. The molecule has 13 heavy (non-hydrogen) atoms. The zero-order chi connectivity index (χ0) is 9.31. The van der Waals surface area contributed by atoms with E-state index in [0.717, 1.165) is 6.42 Å². The minimum absolute atomic E-state index is 0.417. The lowest BCUT2D eigenvalue weighted by molar-refractivity contribution is -0.138. The maximum atomic E-state index is 10.7. The van der Waals surface area contributed by atoms with E-state index >= 15 is 0 Å². The van der Waals surface area contributed by atoms with Crippen molar-refractivity contribution < 1.29 is 9.90 Å². The molecule has 0 aromatic carbocycles. The molecule has 1 unspecified atom stereocenters. The lowest BCUT2D eigenvalue weighted by Crippen LogP contribution is -2.18. The van der Waals surface area contributed by atoms with Gasteiger partial charge < -0.3 is 5.11 Å². The normalized spacial score (nSPS) is 31.2. The Morgan fingerprint density at radius 1 is 1.23 bits per heavy atom. The first-order valence-electron chi connectivity index (χ1n) is 5.45. The molecule has 1 N–H and O–H groups in total. The van der Waals surface area contributed by atoms with Gasteiger partial charge in [0.1, 0.15) is 0 Å². The molecule has 2 fully saturated rings. The van der Waals surface area contributed by atoms with E-state index in [-0.39, 0.29) is 0 Å². The van der Waals surface area contributed by atoms with Crippen LogP contribution >= 0.6 is 0 Å². The SMILES string of the molecule is O=C(O)CC1CCCCCC12CC2. The van der Waals surface area contributed by atoms with Gasteiger partial charge >= 0.3 is 5.97 Å². The molecule has 0 aromatic heterocycles. The Bertz CT molecular complexity index is 206. The lowest BCUT2D eigenvalue weighted by atomic mass is 9.82. The summed E-state index contributed by atoms with van der Waals surface area (Å²) in [6.45, 7) is 0. The summed E-state index contributed by atoms with van der Waals surface area (Å²) in [5.74, 6) is -0.106. The summed E-state index contributed by atoms with van der Waals surface area (Å²) >= 11 is 0. The third-order valence-electron chi connectivity index (χ3n) is 3.91. The van der Waals surface area contributed by atoms with Crippen LogP contribution in [0.2, 0.25) is 0 Å². The Hall–Kier alpha value is -0.530. The number of carboxylic acids is 1. The first kappa shape index (κ1) is 9.04. The Labute approximate surface area is 79.3 Å². The van der Waals surface area contributed by atoms with E-state index in [1.54, 1.807) is 0 Å². The summed E-state index contributed by atoms with van der Waals surface area (Å²) in [5.41, 5.74) is 0.481. The summed E-state index contributed by atoms with van der Waals surface area (Å²) in [7, 11) is 0. The Kier molecular flexibility index (Phi) is 2.31. The highest BCUT2D eigenvalue weighted by Crippen LogP contribution is 2.59. The van der Waals surface area contributed by atoms with E-state index in [2.05, 4.69) is 0 Å². The minimum atomic E-state index is -0.599. The first-order chi connectivity index (χ1) is 6.23. The number of hydrogen-bond donors (Lipinski definition) is 1. The molecule has 0 saturated heterocycles. The molecule has 0 radical (unpaired) electrons. The van der Waals surface area contributed by atoms with Gasteiger partial charge in [-0.3, -0.25) is 4.79 Å². The molecule has 1 spiro atoms. The summed E-state index contributed by atoms with van der Waals surface area (Å²) in [6.07, 6.45) is 9.36. The highest BCUT2D eigenvalue weighted by molar-refractivity contribution is 5.67. The van der Waals surface area contributed by atoms with Crippen molar-refractivity contribution in [1.82, 2.24) is 0 Å². The van der Waals surface area contributed by atoms with Crippen LogP contribution in [0.4, 0.5) is 0 Å². The number of aliphatic carboxylic acids is 1. The van der Waals surface area contributed by atoms with Crippen molar-refractivity contribution in [2.75, 3.05) is 0 Å². The van der Waals surface area contributed by atoms with Gasteiger partial charge in [0.2, 0.25) is 0 Å². The van der Waals surface area contributed by atoms with Gasteiger partial charge in [-0.2, -0.15) is 0 Å². The second-order valence-electron chi connectivity index (χ2n) is 4.76. The number of rotatable bonds is 2. The molecular weight excluding hydrogens is 164 g/mol. The fraction of sp³-hybridized carbons (Fsp3) is 0.909. The molecular formula is C11H18O2. The fourth-order valence-electron chi connectivity index (χ4n) is 2.90. The van der Waals surface area contributed by atoms with Crippen LogP contribution in [0.5, 0.6) is 0 Å². The maximum Gasteiger partial charge on any atom is 0.303 e. The molecule has 2 rings (SSSR count). The Morgan fingerprint density at radius 3 is 2.62 bits per heavy atom. The quantitative estimate of drug-likeness (QED) is 0.713. The Morgan fingerprint density at radius 2 is 2.00 bits per heavy atom. The van der Waals surface area contributed by atoms with Crippen molar-refractivity contribution in [2.24, 2.45) is 11.3 Å². The molecule has 0 amide bonds. The van der Waals surface area contributed by atoms with Gasteiger partial charge in [0.25, 0.3) is 0 Å². The summed E-state index contributed by atoms with van der Waals surface area (Å²) in [4.78, 5) is 10.7. The van der Waals surface area contributed by atoms with Crippen LogP contribution in [-0.2, 0) is 4.79 Å². The third kappa shape index (κ3) is 1.87. The van der Waals surface area contributed by atoms with Crippen molar-refractivity contribution in [3.05, 3.63) is 0 Å². The number of hydrogen-bond acceptors (Lipinski definition) is 1. The van der Waals surface area contributed by atoms with E-state index < -0.39 is 5.97 Å².